The van der Waals surface area contributed by atoms with E-state index in [9.17, 15) is 14.4 Å². The van der Waals surface area contributed by atoms with E-state index < -0.39 is 23.2 Å². The van der Waals surface area contributed by atoms with Crippen molar-refractivity contribution >= 4 is 29.2 Å². The molecule has 0 heterocycles. The lowest BCUT2D eigenvalue weighted by atomic mass is 9.90. The molecular formula is C21H24N2O5. The molecule has 2 rings (SSSR count). The third-order valence-electron chi connectivity index (χ3n) is 4.32. The Labute approximate surface area is 164 Å². The number of para-hydroxylation sites is 1. The van der Waals surface area contributed by atoms with Gasteiger partial charge in [0.2, 0.25) is 11.8 Å². The molecule has 7 nitrogen and oxygen atoms in total. The van der Waals surface area contributed by atoms with Gasteiger partial charge in [-0.1, -0.05) is 18.2 Å². The van der Waals surface area contributed by atoms with E-state index in [1.165, 1.54) is 34.1 Å². The predicted molar refractivity (Wildman–Crippen MR) is 107 cm³/mol. The highest BCUT2D eigenvalue weighted by molar-refractivity contribution is 6.15. The zero-order valence-corrected chi connectivity index (χ0v) is 16.6. The molecule has 2 aromatic carbocycles. The molecule has 148 valence electrons. The second-order valence-corrected chi connectivity index (χ2v) is 6.77. The SMILES string of the molecule is COC(=O)c1ccccc1NC(=O)C(C)(C)C(=O)Nc1cc(C)ccc1OC. The topological polar surface area (TPSA) is 93.7 Å². The Hall–Kier alpha value is -3.35. The summed E-state index contributed by atoms with van der Waals surface area (Å²) in [6.45, 7) is 4.89. The maximum Gasteiger partial charge on any atom is 0.339 e. The molecule has 0 bridgehead atoms. The first-order valence-electron chi connectivity index (χ1n) is 8.65. The van der Waals surface area contributed by atoms with Gasteiger partial charge in [0.15, 0.2) is 0 Å². The Kier molecular flexibility index (Phi) is 6.41. The Morgan fingerprint density at radius 2 is 1.50 bits per heavy atom. The standard InChI is InChI=1S/C21H24N2O5/c1-13-10-11-17(27-4)16(12-13)23-20(26)21(2,3)19(25)22-15-9-7-6-8-14(15)18(24)28-5/h6-12H,1-5H3,(H,22,25)(H,23,26). The maximum atomic E-state index is 12.8. The molecule has 0 radical (unpaired) electrons. The van der Waals surface area contributed by atoms with E-state index in [1.807, 2.05) is 13.0 Å². The van der Waals surface area contributed by atoms with Gasteiger partial charge in [0.1, 0.15) is 11.2 Å². The van der Waals surface area contributed by atoms with Gasteiger partial charge >= 0.3 is 5.97 Å². The Bertz CT molecular complexity index is 905. The van der Waals surface area contributed by atoms with Crippen molar-refractivity contribution in [3.05, 3.63) is 53.6 Å². The summed E-state index contributed by atoms with van der Waals surface area (Å²) in [6.07, 6.45) is 0. The largest absolute Gasteiger partial charge is 0.495 e. The summed E-state index contributed by atoms with van der Waals surface area (Å²) < 4.78 is 9.98. The van der Waals surface area contributed by atoms with Crippen molar-refractivity contribution in [2.75, 3.05) is 24.9 Å². The molecule has 2 amide bonds. The molecule has 0 saturated carbocycles. The van der Waals surface area contributed by atoms with Crippen LogP contribution in [0.1, 0.15) is 29.8 Å². The Morgan fingerprint density at radius 3 is 2.11 bits per heavy atom. The van der Waals surface area contributed by atoms with E-state index in [0.717, 1.165) is 5.56 Å². The van der Waals surface area contributed by atoms with E-state index in [-0.39, 0.29) is 11.3 Å². The van der Waals surface area contributed by atoms with E-state index in [1.54, 1.807) is 30.3 Å². The molecule has 0 aromatic heterocycles. The zero-order valence-electron chi connectivity index (χ0n) is 16.6. The smallest absolute Gasteiger partial charge is 0.339 e. The van der Waals surface area contributed by atoms with Crippen LogP contribution < -0.4 is 15.4 Å². The molecule has 2 aromatic rings. The summed E-state index contributed by atoms with van der Waals surface area (Å²) in [5.74, 6) is -1.16. The van der Waals surface area contributed by atoms with Crippen LogP contribution >= 0.6 is 0 Å². The highest BCUT2D eigenvalue weighted by Gasteiger charge is 2.37. The molecule has 7 heteroatoms. The average molecular weight is 384 g/mol. The van der Waals surface area contributed by atoms with Crippen LogP contribution in [-0.4, -0.2) is 32.0 Å². The number of carbonyl (C=O) groups is 3. The summed E-state index contributed by atoms with van der Waals surface area (Å²) in [7, 11) is 2.76. The summed E-state index contributed by atoms with van der Waals surface area (Å²) in [5, 5.41) is 5.38. The van der Waals surface area contributed by atoms with Gasteiger partial charge in [0.25, 0.3) is 0 Å². The molecule has 0 aliphatic heterocycles. The van der Waals surface area contributed by atoms with E-state index in [0.29, 0.717) is 11.4 Å². The summed E-state index contributed by atoms with van der Waals surface area (Å²) >= 11 is 0. The van der Waals surface area contributed by atoms with Crippen molar-refractivity contribution in [1.29, 1.82) is 0 Å². The monoisotopic (exact) mass is 384 g/mol. The third kappa shape index (κ3) is 4.49. The van der Waals surface area contributed by atoms with Gasteiger partial charge in [-0.05, 0) is 50.6 Å². The zero-order chi connectivity index (χ0) is 20.9. The van der Waals surface area contributed by atoms with Gasteiger partial charge in [0, 0.05) is 0 Å². The molecule has 0 atom stereocenters. The van der Waals surface area contributed by atoms with Crippen LogP contribution in [0.3, 0.4) is 0 Å². The number of benzene rings is 2. The number of aryl methyl sites for hydroxylation is 1. The van der Waals surface area contributed by atoms with Crippen LogP contribution in [0, 0.1) is 12.3 Å². The van der Waals surface area contributed by atoms with Gasteiger partial charge in [-0.3, -0.25) is 9.59 Å². The van der Waals surface area contributed by atoms with Crippen LogP contribution in [0.5, 0.6) is 5.75 Å². The van der Waals surface area contributed by atoms with E-state index in [2.05, 4.69) is 10.6 Å². The molecule has 0 unspecified atom stereocenters. The third-order valence-corrected chi connectivity index (χ3v) is 4.32. The minimum atomic E-state index is -1.42. The quantitative estimate of drug-likeness (QED) is 0.588. The van der Waals surface area contributed by atoms with Crippen LogP contribution in [0.15, 0.2) is 42.5 Å². The number of esters is 1. The number of methoxy groups -OCH3 is 2. The fourth-order valence-electron chi connectivity index (χ4n) is 2.46. The first kappa shape index (κ1) is 21.0. The molecule has 0 saturated heterocycles. The number of carbonyl (C=O) groups excluding carboxylic acids is 3. The molecular weight excluding hydrogens is 360 g/mol. The van der Waals surface area contributed by atoms with Crippen LogP contribution in [0.25, 0.3) is 0 Å². The Morgan fingerprint density at radius 1 is 0.893 bits per heavy atom. The first-order chi connectivity index (χ1) is 13.2. The van der Waals surface area contributed by atoms with E-state index in [4.69, 9.17) is 9.47 Å². The number of ether oxygens (including phenoxy) is 2. The lowest BCUT2D eigenvalue weighted by Crippen LogP contribution is -2.42. The van der Waals surface area contributed by atoms with Crippen LogP contribution in [0.4, 0.5) is 11.4 Å². The van der Waals surface area contributed by atoms with Crippen molar-refractivity contribution in [2.24, 2.45) is 5.41 Å². The number of anilines is 2. The number of amides is 2. The summed E-state index contributed by atoms with van der Waals surface area (Å²) in [4.78, 5) is 37.5. The van der Waals surface area contributed by atoms with Crippen LogP contribution in [-0.2, 0) is 14.3 Å². The number of hydrogen-bond acceptors (Lipinski definition) is 5. The second kappa shape index (κ2) is 8.56. The Balaban J connectivity index is 2.22. The minimum Gasteiger partial charge on any atom is -0.495 e. The first-order valence-corrected chi connectivity index (χ1v) is 8.65. The predicted octanol–water partition coefficient (Wildman–Crippen LogP) is 3.39. The fourth-order valence-corrected chi connectivity index (χ4v) is 2.46. The summed E-state index contributed by atoms with van der Waals surface area (Å²) in [5.41, 5.74) is 0.467. The van der Waals surface area contributed by atoms with Crippen molar-refractivity contribution in [3.63, 3.8) is 0 Å². The number of rotatable bonds is 6. The van der Waals surface area contributed by atoms with Gasteiger partial charge in [0.05, 0.1) is 31.2 Å². The van der Waals surface area contributed by atoms with E-state index >= 15 is 0 Å². The molecule has 0 spiro atoms. The second-order valence-electron chi connectivity index (χ2n) is 6.77. The molecule has 0 fully saturated rings. The van der Waals surface area contributed by atoms with Gasteiger partial charge < -0.3 is 20.1 Å². The maximum absolute atomic E-state index is 12.8. The lowest BCUT2D eigenvalue weighted by Gasteiger charge is -2.24. The molecule has 0 aliphatic carbocycles. The number of hydrogen-bond donors (Lipinski definition) is 2. The number of nitrogens with one attached hydrogen (secondary N) is 2. The van der Waals surface area contributed by atoms with Crippen molar-refractivity contribution < 1.29 is 23.9 Å². The van der Waals surface area contributed by atoms with Gasteiger partial charge in [-0.25, -0.2) is 4.79 Å². The van der Waals surface area contributed by atoms with Gasteiger partial charge in [-0.15, -0.1) is 0 Å². The molecule has 2 N–H and O–H groups in total. The molecule has 0 aliphatic rings. The van der Waals surface area contributed by atoms with Crippen molar-refractivity contribution in [2.45, 2.75) is 20.8 Å². The normalized spacial score (nSPS) is 10.8. The highest BCUT2D eigenvalue weighted by atomic mass is 16.5. The minimum absolute atomic E-state index is 0.204. The van der Waals surface area contributed by atoms with Gasteiger partial charge in [-0.2, -0.15) is 0 Å². The summed E-state index contributed by atoms with van der Waals surface area (Å²) in [6, 6.07) is 11.8. The molecule has 28 heavy (non-hydrogen) atoms. The highest BCUT2D eigenvalue weighted by Crippen LogP contribution is 2.29. The van der Waals surface area contributed by atoms with Crippen LogP contribution in [0.2, 0.25) is 0 Å². The fraction of sp³-hybridized carbons (Fsp3) is 0.286. The average Bonchev–Trinajstić information content (AvgIpc) is 2.67. The lowest BCUT2D eigenvalue weighted by molar-refractivity contribution is -0.135. The van der Waals surface area contributed by atoms with Crippen molar-refractivity contribution in [3.8, 4) is 5.75 Å². The van der Waals surface area contributed by atoms with Crippen molar-refractivity contribution in [1.82, 2.24) is 0 Å².